The Morgan fingerprint density at radius 1 is 1.50 bits per heavy atom. The van der Waals surface area contributed by atoms with Crippen molar-refractivity contribution in [3.8, 4) is 0 Å². The molecule has 0 unspecified atom stereocenters. The van der Waals surface area contributed by atoms with E-state index in [0.29, 0.717) is 14.7 Å². The summed E-state index contributed by atoms with van der Waals surface area (Å²) in [4.78, 5) is 15.6. The molecule has 0 amide bonds. The molecule has 5 heteroatoms. The molecule has 0 spiro atoms. The van der Waals surface area contributed by atoms with E-state index in [0.717, 1.165) is 18.5 Å². The number of thiazole rings is 1. The van der Waals surface area contributed by atoms with Gasteiger partial charge in [-0.2, -0.15) is 0 Å². The maximum Gasteiger partial charge on any atom is 0.347 e. The zero-order valence-electron chi connectivity index (χ0n) is 7.49. The lowest BCUT2D eigenvalue weighted by atomic mass is 10.0. The van der Waals surface area contributed by atoms with Crippen molar-refractivity contribution in [2.24, 2.45) is 0 Å². The summed E-state index contributed by atoms with van der Waals surface area (Å²) in [6.07, 6.45) is 4.55. The second-order valence-corrected chi connectivity index (χ2v) is 5.74. The first-order chi connectivity index (χ1) is 6.68. The minimum Gasteiger partial charge on any atom is -0.477 e. The van der Waals surface area contributed by atoms with Crippen LogP contribution in [0.25, 0.3) is 0 Å². The molecule has 14 heavy (non-hydrogen) atoms. The third-order valence-electron chi connectivity index (χ3n) is 2.56. The van der Waals surface area contributed by atoms with E-state index in [2.05, 4.69) is 20.9 Å². The Morgan fingerprint density at radius 2 is 2.14 bits per heavy atom. The van der Waals surface area contributed by atoms with Crippen molar-refractivity contribution in [3.05, 3.63) is 14.5 Å². The number of hydrogen-bond donors (Lipinski definition) is 1. The van der Waals surface area contributed by atoms with Crippen molar-refractivity contribution in [1.82, 2.24) is 4.98 Å². The highest BCUT2D eigenvalue weighted by atomic mass is 79.9. The van der Waals surface area contributed by atoms with Gasteiger partial charge in [-0.05, 0) is 28.8 Å². The molecular weight excluding hydrogens is 266 g/mol. The quantitative estimate of drug-likeness (QED) is 0.901. The predicted molar refractivity (Wildman–Crippen MR) is 58.0 cm³/mol. The number of aromatic carboxylic acids is 1. The predicted octanol–water partition coefficient (Wildman–Crippen LogP) is 3.26. The molecule has 0 atom stereocenters. The molecule has 1 aliphatic carbocycles. The lowest BCUT2D eigenvalue weighted by Crippen LogP contribution is -2.02. The normalized spacial score (nSPS) is 17.5. The summed E-state index contributed by atoms with van der Waals surface area (Å²) in [5.74, 6) is -0.487. The van der Waals surface area contributed by atoms with Crippen molar-refractivity contribution in [2.45, 2.75) is 31.6 Å². The topological polar surface area (TPSA) is 50.2 Å². The van der Waals surface area contributed by atoms with E-state index < -0.39 is 5.97 Å². The average molecular weight is 276 g/mol. The zero-order chi connectivity index (χ0) is 10.1. The Labute approximate surface area is 94.3 Å². The molecule has 1 aliphatic rings. The fourth-order valence-corrected chi connectivity index (χ4v) is 3.33. The lowest BCUT2D eigenvalue weighted by molar-refractivity contribution is 0.0700. The summed E-state index contributed by atoms with van der Waals surface area (Å²) < 4.78 is 0.678. The van der Waals surface area contributed by atoms with Gasteiger partial charge in [-0.15, -0.1) is 0 Å². The van der Waals surface area contributed by atoms with Gasteiger partial charge in [0.25, 0.3) is 0 Å². The summed E-state index contributed by atoms with van der Waals surface area (Å²) in [5.41, 5.74) is 0.784. The molecule has 1 N–H and O–H groups in total. The minimum atomic E-state index is -0.852. The first-order valence-electron chi connectivity index (χ1n) is 4.58. The Kier molecular flexibility index (Phi) is 2.88. The minimum absolute atomic E-state index is 0.364. The molecular formula is C9H10BrNO2S. The van der Waals surface area contributed by atoms with E-state index >= 15 is 0 Å². The lowest BCUT2D eigenvalue weighted by Gasteiger charge is -2.05. The van der Waals surface area contributed by atoms with Crippen LogP contribution >= 0.6 is 27.3 Å². The number of hydrogen-bond acceptors (Lipinski definition) is 3. The van der Waals surface area contributed by atoms with Crippen LogP contribution in [0.2, 0.25) is 0 Å². The molecule has 3 nitrogen and oxygen atoms in total. The Balaban J connectivity index is 2.35. The van der Waals surface area contributed by atoms with Gasteiger partial charge in [-0.25, -0.2) is 9.78 Å². The van der Waals surface area contributed by atoms with Crippen LogP contribution in [-0.4, -0.2) is 16.1 Å². The zero-order valence-corrected chi connectivity index (χ0v) is 9.90. The van der Waals surface area contributed by atoms with E-state index in [1.54, 1.807) is 0 Å². The van der Waals surface area contributed by atoms with Gasteiger partial charge in [0.2, 0.25) is 0 Å². The smallest absolute Gasteiger partial charge is 0.347 e. The molecule has 1 saturated carbocycles. The molecule has 2 rings (SSSR count). The van der Waals surface area contributed by atoms with Gasteiger partial charge in [0.15, 0.2) is 3.92 Å². The van der Waals surface area contributed by atoms with Gasteiger partial charge in [-0.1, -0.05) is 24.2 Å². The largest absolute Gasteiger partial charge is 0.477 e. The number of halogens is 1. The first-order valence-corrected chi connectivity index (χ1v) is 6.19. The average Bonchev–Trinajstić information content (AvgIpc) is 2.70. The summed E-state index contributed by atoms with van der Waals surface area (Å²) in [5, 5.41) is 8.99. The van der Waals surface area contributed by atoms with E-state index in [1.807, 2.05) is 0 Å². The van der Waals surface area contributed by atoms with E-state index in [1.165, 1.54) is 24.2 Å². The molecule has 0 saturated heterocycles. The van der Waals surface area contributed by atoms with Crippen LogP contribution in [-0.2, 0) is 0 Å². The van der Waals surface area contributed by atoms with Crippen molar-refractivity contribution < 1.29 is 9.90 Å². The fourth-order valence-electron chi connectivity index (χ4n) is 1.93. The molecule has 1 fully saturated rings. The van der Waals surface area contributed by atoms with Crippen LogP contribution in [0.4, 0.5) is 0 Å². The van der Waals surface area contributed by atoms with Crippen molar-refractivity contribution in [3.63, 3.8) is 0 Å². The van der Waals surface area contributed by atoms with Crippen molar-refractivity contribution in [2.75, 3.05) is 0 Å². The highest BCUT2D eigenvalue weighted by Gasteiger charge is 2.26. The third kappa shape index (κ3) is 1.83. The monoisotopic (exact) mass is 275 g/mol. The number of carboxylic acids is 1. The van der Waals surface area contributed by atoms with E-state index in [9.17, 15) is 4.79 Å². The summed E-state index contributed by atoms with van der Waals surface area (Å²) in [7, 11) is 0. The highest BCUT2D eigenvalue weighted by Crippen LogP contribution is 2.38. The molecule has 0 aromatic carbocycles. The SMILES string of the molecule is O=C(O)c1sc(Br)nc1C1CCCC1. The molecule has 1 aromatic rings. The number of rotatable bonds is 2. The molecule has 1 heterocycles. The third-order valence-corrected chi connectivity index (χ3v) is 4.07. The number of nitrogens with zero attached hydrogens (tertiary/aromatic N) is 1. The van der Waals surface area contributed by atoms with Crippen LogP contribution in [0.5, 0.6) is 0 Å². The molecule has 0 bridgehead atoms. The van der Waals surface area contributed by atoms with Gasteiger partial charge in [-0.3, -0.25) is 0 Å². The van der Waals surface area contributed by atoms with Gasteiger partial charge in [0.1, 0.15) is 4.88 Å². The van der Waals surface area contributed by atoms with E-state index in [4.69, 9.17) is 5.11 Å². The fraction of sp³-hybridized carbons (Fsp3) is 0.556. The molecule has 0 radical (unpaired) electrons. The maximum absolute atomic E-state index is 10.9. The Morgan fingerprint density at radius 3 is 2.71 bits per heavy atom. The van der Waals surface area contributed by atoms with Gasteiger partial charge >= 0.3 is 5.97 Å². The summed E-state index contributed by atoms with van der Waals surface area (Å²) in [6, 6.07) is 0. The summed E-state index contributed by atoms with van der Waals surface area (Å²) in [6.45, 7) is 0. The van der Waals surface area contributed by atoms with E-state index in [-0.39, 0.29) is 0 Å². The maximum atomic E-state index is 10.9. The van der Waals surface area contributed by atoms with Crippen LogP contribution in [0.3, 0.4) is 0 Å². The number of carbonyl (C=O) groups is 1. The van der Waals surface area contributed by atoms with Gasteiger partial charge in [0.05, 0.1) is 5.69 Å². The number of aromatic nitrogens is 1. The van der Waals surface area contributed by atoms with Crippen LogP contribution < -0.4 is 0 Å². The standard InChI is InChI=1S/C9H10BrNO2S/c10-9-11-6(5-3-1-2-4-5)7(14-9)8(12)13/h5H,1-4H2,(H,12,13). The summed E-state index contributed by atoms with van der Waals surface area (Å²) >= 11 is 4.46. The van der Waals surface area contributed by atoms with Crippen molar-refractivity contribution in [1.29, 1.82) is 0 Å². The van der Waals surface area contributed by atoms with Crippen LogP contribution in [0.1, 0.15) is 47.0 Å². The van der Waals surface area contributed by atoms with Crippen LogP contribution in [0.15, 0.2) is 3.92 Å². The first kappa shape index (κ1) is 10.1. The highest BCUT2D eigenvalue weighted by molar-refractivity contribution is 9.11. The Hall–Kier alpha value is -0.420. The molecule has 76 valence electrons. The molecule has 1 aromatic heterocycles. The molecule has 0 aliphatic heterocycles. The number of carboxylic acid groups (broad SMARTS) is 1. The second kappa shape index (κ2) is 3.98. The van der Waals surface area contributed by atoms with Crippen LogP contribution in [0, 0.1) is 0 Å². The Bertz CT molecular complexity index is 358. The second-order valence-electron chi connectivity index (χ2n) is 3.47. The van der Waals surface area contributed by atoms with Gasteiger partial charge in [0, 0.05) is 5.92 Å². The van der Waals surface area contributed by atoms with Crippen molar-refractivity contribution >= 4 is 33.2 Å². The van der Waals surface area contributed by atoms with Gasteiger partial charge < -0.3 is 5.11 Å².